The molecule has 73 heavy (non-hydrogen) atoms. The van der Waals surface area contributed by atoms with Crippen LogP contribution in [0.1, 0.15) is 309 Å². The lowest BCUT2D eigenvalue weighted by atomic mass is 9.99. The molecular formula is C64H121NO8. The Kier molecular flexibility index (Phi) is 51.2. The lowest BCUT2D eigenvalue weighted by Crippen LogP contribution is -2.60. The first-order chi connectivity index (χ1) is 35.8. The van der Waals surface area contributed by atoms with E-state index in [0.29, 0.717) is 6.42 Å². The summed E-state index contributed by atoms with van der Waals surface area (Å²) in [6.07, 6.45) is 63.8. The van der Waals surface area contributed by atoms with Crippen molar-refractivity contribution in [2.45, 2.75) is 352 Å². The van der Waals surface area contributed by atoms with Gasteiger partial charge in [0.05, 0.1) is 25.4 Å². The molecule has 0 aromatic heterocycles. The van der Waals surface area contributed by atoms with Crippen LogP contribution < -0.4 is 5.32 Å². The van der Waals surface area contributed by atoms with Crippen LogP contribution >= 0.6 is 0 Å². The minimum Gasteiger partial charge on any atom is -0.394 e. The van der Waals surface area contributed by atoms with Gasteiger partial charge in [0.2, 0.25) is 5.91 Å². The number of carbonyl (C=O) groups is 1. The zero-order valence-corrected chi connectivity index (χ0v) is 47.9. The van der Waals surface area contributed by atoms with Crippen molar-refractivity contribution in [3.8, 4) is 0 Å². The van der Waals surface area contributed by atoms with Crippen molar-refractivity contribution < 1.29 is 39.8 Å². The molecule has 0 spiro atoms. The van der Waals surface area contributed by atoms with Crippen LogP contribution in [0.2, 0.25) is 0 Å². The van der Waals surface area contributed by atoms with Crippen molar-refractivity contribution in [3.05, 3.63) is 36.5 Å². The summed E-state index contributed by atoms with van der Waals surface area (Å²) in [6, 6.07) is -0.827. The molecule has 7 unspecified atom stereocenters. The van der Waals surface area contributed by atoms with E-state index in [-0.39, 0.29) is 12.5 Å². The first-order valence-corrected chi connectivity index (χ1v) is 31.7. The van der Waals surface area contributed by atoms with E-state index in [2.05, 4.69) is 43.5 Å². The molecule has 1 rings (SSSR count). The Hall–Kier alpha value is -1.59. The number of rotatable bonds is 55. The summed E-state index contributed by atoms with van der Waals surface area (Å²) in [5, 5.41) is 54.6. The SMILES string of the molecule is CCCCCCCCCCCCCCCCCCCCCCC/C=C/CC/C=C/CC/C=C/C(O)C(COC1OC(CO)C(O)C(O)C1O)NC(=O)CCCCCCCCCCCCCCCCCCCCC. The van der Waals surface area contributed by atoms with Crippen LogP contribution in [0.25, 0.3) is 0 Å². The van der Waals surface area contributed by atoms with E-state index in [9.17, 15) is 30.3 Å². The summed E-state index contributed by atoms with van der Waals surface area (Å²) in [5.74, 6) is -0.185. The summed E-state index contributed by atoms with van der Waals surface area (Å²) in [4.78, 5) is 13.1. The molecule has 0 aromatic carbocycles. The van der Waals surface area contributed by atoms with Gasteiger partial charge in [0, 0.05) is 6.42 Å². The van der Waals surface area contributed by atoms with Crippen LogP contribution in [-0.4, -0.2) is 87.5 Å². The Bertz CT molecular complexity index is 1240. The van der Waals surface area contributed by atoms with Crippen LogP contribution in [-0.2, 0) is 14.3 Å². The predicted molar refractivity (Wildman–Crippen MR) is 309 cm³/mol. The van der Waals surface area contributed by atoms with Crippen molar-refractivity contribution in [1.82, 2.24) is 5.32 Å². The number of carbonyl (C=O) groups excluding carboxylic acids is 1. The third-order valence-corrected chi connectivity index (χ3v) is 15.2. The monoisotopic (exact) mass is 1030 g/mol. The number of amides is 1. The maximum atomic E-state index is 13.1. The Morgan fingerprint density at radius 1 is 0.452 bits per heavy atom. The topological polar surface area (TPSA) is 149 Å². The molecule has 9 nitrogen and oxygen atoms in total. The van der Waals surface area contributed by atoms with Crippen LogP contribution in [0, 0.1) is 0 Å². The van der Waals surface area contributed by atoms with Crippen LogP contribution in [0.5, 0.6) is 0 Å². The molecule has 0 aliphatic carbocycles. The minimum atomic E-state index is -1.57. The number of unbranched alkanes of at least 4 members (excludes halogenated alkanes) is 41. The molecule has 1 saturated heterocycles. The standard InChI is InChI=1S/C64H121NO8/c1-3-5-7-9-11-13-15-17-19-21-23-24-25-26-27-28-29-30-31-32-33-34-36-37-39-41-43-45-47-49-51-53-58(67)57(56-72-64-63(71)62(70)61(69)59(55-66)73-64)65-60(68)54-52-50-48-46-44-42-40-38-35-22-20-18-16-14-12-10-8-6-4-2/h36-37,43,45,51,53,57-59,61-64,66-67,69-71H,3-35,38-42,44,46-50,52,54-56H2,1-2H3,(H,65,68)/b37-36+,45-43+,53-51+. The summed E-state index contributed by atoms with van der Waals surface area (Å²) in [5.41, 5.74) is 0. The summed E-state index contributed by atoms with van der Waals surface area (Å²) in [7, 11) is 0. The van der Waals surface area contributed by atoms with Crippen molar-refractivity contribution in [2.24, 2.45) is 0 Å². The molecule has 0 saturated carbocycles. The van der Waals surface area contributed by atoms with Crippen molar-refractivity contribution in [2.75, 3.05) is 13.2 Å². The Balaban J connectivity index is 2.19. The fraction of sp³-hybridized carbons (Fsp3) is 0.891. The predicted octanol–water partition coefficient (Wildman–Crippen LogP) is 16.3. The first-order valence-electron chi connectivity index (χ1n) is 31.7. The van der Waals surface area contributed by atoms with E-state index in [0.717, 1.165) is 44.9 Å². The fourth-order valence-electron chi connectivity index (χ4n) is 10.2. The summed E-state index contributed by atoms with van der Waals surface area (Å²) >= 11 is 0. The molecule has 1 aliphatic heterocycles. The molecule has 1 aliphatic rings. The second kappa shape index (κ2) is 53.8. The van der Waals surface area contributed by atoms with E-state index in [4.69, 9.17) is 9.47 Å². The fourth-order valence-corrected chi connectivity index (χ4v) is 10.2. The Morgan fingerprint density at radius 3 is 1.15 bits per heavy atom. The highest BCUT2D eigenvalue weighted by Crippen LogP contribution is 2.23. The summed E-state index contributed by atoms with van der Waals surface area (Å²) in [6.45, 7) is 3.80. The normalized spacial score (nSPS) is 19.2. The molecule has 0 bridgehead atoms. The lowest BCUT2D eigenvalue weighted by Gasteiger charge is -2.40. The van der Waals surface area contributed by atoms with Gasteiger partial charge in [0.15, 0.2) is 6.29 Å². The number of hydrogen-bond acceptors (Lipinski definition) is 8. The number of allylic oxidation sites excluding steroid dienone is 5. The van der Waals surface area contributed by atoms with Crippen molar-refractivity contribution >= 4 is 5.91 Å². The molecular weight excluding hydrogens is 911 g/mol. The smallest absolute Gasteiger partial charge is 0.220 e. The molecule has 9 heteroatoms. The third kappa shape index (κ3) is 43.1. The number of hydrogen-bond donors (Lipinski definition) is 6. The number of ether oxygens (including phenoxy) is 2. The maximum absolute atomic E-state index is 13.1. The Morgan fingerprint density at radius 2 is 0.781 bits per heavy atom. The van der Waals surface area contributed by atoms with Gasteiger partial charge in [0.1, 0.15) is 24.4 Å². The quantitative estimate of drug-likeness (QED) is 0.0261. The van der Waals surface area contributed by atoms with Gasteiger partial charge in [-0.15, -0.1) is 0 Å². The van der Waals surface area contributed by atoms with Crippen LogP contribution in [0.15, 0.2) is 36.5 Å². The molecule has 1 heterocycles. The molecule has 430 valence electrons. The highest BCUT2D eigenvalue weighted by atomic mass is 16.7. The molecule has 7 atom stereocenters. The zero-order valence-electron chi connectivity index (χ0n) is 47.9. The van der Waals surface area contributed by atoms with Crippen molar-refractivity contribution in [3.63, 3.8) is 0 Å². The van der Waals surface area contributed by atoms with E-state index in [1.165, 1.54) is 244 Å². The first kappa shape index (κ1) is 69.4. The second-order valence-electron chi connectivity index (χ2n) is 22.2. The van der Waals surface area contributed by atoms with Crippen molar-refractivity contribution in [1.29, 1.82) is 0 Å². The van der Waals surface area contributed by atoms with Gasteiger partial charge < -0.3 is 40.3 Å². The maximum Gasteiger partial charge on any atom is 0.220 e. The molecule has 0 radical (unpaired) electrons. The molecule has 1 fully saturated rings. The highest BCUT2D eigenvalue weighted by Gasteiger charge is 2.44. The zero-order chi connectivity index (χ0) is 52.9. The molecule has 0 aromatic rings. The average Bonchev–Trinajstić information content (AvgIpc) is 3.39. The summed E-state index contributed by atoms with van der Waals surface area (Å²) < 4.78 is 11.3. The van der Waals surface area contributed by atoms with Gasteiger partial charge >= 0.3 is 0 Å². The van der Waals surface area contributed by atoms with E-state index in [1.54, 1.807) is 6.08 Å². The number of aliphatic hydroxyl groups is 5. The van der Waals surface area contributed by atoms with Gasteiger partial charge in [-0.3, -0.25) is 4.79 Å². The highest BCUT2D eigenvalue weighted by molar-refractivity contribution is 5.76. The van der Waals surface area contributed by atoms with E-state index < -0.39 is 49.5 Å². The van der Waals surface area contributed by atoms with Gasteiger partial charge in [-0.2, -0.15) is 0 Å². The number of nitrogens with one attached hydrogen (secondary N) is 1. The van der Waals surface area contributed by atoms with Crippen LogP contribution in [0.4, 0.5) is 0 Å². The molecule has 6 N–H and O–H groups in total. The van der Waals surface area contributed by atoms with Gasteiger partial charge in [-0.1, -0.05) is 294 Å². The minimum absolute atomic E-state index is 0.185. The second-order valence-corrected chi connectivity index (χ2v) is 22.2. The third-order valence-electron chi connectivity index (χ3n) is 15.2. The Labute approximate surface area is 451 Å². The molecule has 1 amide bonds. The number of aliphatic hydroxyl groups excluding tert-OH is 5. The lowest BCUT2D eigenvalue weighted by molar-refractivity contribution is -0.302. The van der Waals surface area contributed by atoms with E-state index in [1.807, 2.05) is 6.08 Å². The van der Waals surface area contributed by atoms with Gasteiger partial charge in [0.25, 0.3) is 0 Å². The van der Waals surface area contributed by atoms with Crippen LogP contribution in [0.3, 0.4) is 0 Å². The van der Waals surface area contributed by atoms with Gasteiger partial charge in [-0.05, 0) is 44.9 Å². The van der Waals surface area contributed by atoms with Gasteiger partial charge in [-0.25, -0.2) is 0 Å². The largest absolute Gasteiger partial charge is 0.394 e. The average molecular weight is 1030 g/mol. The van der Waals surface area contributed by atoms with E-state index >= 15 is 0 Å².